The van der Waals surface area contributed by atoms with E-state index in [1.807, 2.05) is 0 Å². The van der Waals surface area contributed by atoms with Gasteiger partial charge in [0.15, 0.2) is 0 Å². The van der Waals surface area contributed by atoms with Gasteiger partial charge >= 0.3 is 0 Å². The molecule has 0 spiro atoms. The molecule has 1 aliphatic carbocycles. The first kappa shape index (κ1) is 14.4. The highest BCUT2D eigenvalue weighted by Crippen LogP contribution is 2.49. The Kier molecular flexibility index (Phi) is 3.94. The average Bonchev–Trinajstić information content (AvgIpc) is 3.08. The van der Waals surface area contributed by atoms with Crippen LogP contribution in [0.25, 0.3) is 0 Å². The molecule has 1 aromatic carbocycles. The minimum absolute atomic E-state index is 0.519. The fraction of sp³-hybridized carbons (Fsp3) is 0.667. The van der Waals surface area contributed by atoms with E-state index in [-0.39, 0.29) is 0 Å². The predicted molar refractivity (Wildman–Crippen MR) is 85.0 cm³/mol. The first-order valence-electron chi connectivity index (χ1n) is 7.74. The second-order valence-electron chi connectivity index (χ2n) is 7.18. The summed E-state index contributed by atoms with van der Waals surface area (Å²) in [5.74, 6) is 1.17. The number of nitrogens with one attached hydrogen (secondary N) is 1. The Labute approximate surface area is 118 Å². The van der Waals surface area contributed by atoms with E-state index < -0.39 is 0 Å². The Balaban J connectivity index is 2.24. The van der Waals surface area contributed by atoms with Crippen molar-refractivity contribution in [2.75, 3.05) is 5.32 Å². The fourth-order valence-corrected chi connectivity index (χ4v) is 2.59. The Hall–Kier alpha value is -0.980. The van der Waals surface area contributed by atoms with Gasteiger partial charge < -0.3 is 5.32 Å². The van der Waals surface area contributed by atoms with E-state index in [9.17, 15) is 0 Å². The molecule has 1 unspecified atom stereocenters. The van der Waals surface area contributed by atoms with Crippen molar-refractivity contribution in [1.29, 1.82) is 0 Å². The molecule has 1 fully saturated rings. The minimum Gasteiger partial charge on any atom is -0.382 e. The summed E-state index contributed by atoms with van der Waals surface area (Å²) in [4.78, 5) is 0. The van der Waals surface area contributed by atoms with Gasteiger partial charge in [-0.15, -0.1) is 0 Å². The van der Waals surface area contributed by atoms with E-state index in [4.69, 9.17) is 0 Å². The maximum Gasteiger partial charge on any atom is 0.0377 e. The minimum atomic E-state index is 0.519. The number of rotatable bonds is 5. The van der Waals surface area contributed by atoms with Gasteiger partial charge in [-0.3, -0.25) is 0 Å². The number of anilines is 1. The van der Waals surface area contributed by atoms with Gasteiger partial charge in [0.05, 0.1) is 0 Å². The van der Waals surface area contributed by atoms with Crippen molar-refractivity contribution < 1.29 is 0 Å². The van der Waals surface area contributed by atoms with Crippen LogP contribution in [-0.2, 0) is 0 Å². The van der Waals surface area contributed by atoms with Crippen LogP contribution in [0.3, 0.4) is 0 Å². The molecule has 1 aromatic rings. The van der Waals surface area contributed by atoms with E-state index in [2.05, 4.69) is 65.1 Å². The summed E-state index contributed by atoms with van der Waals surface area (Å²) < 4.78 is 0. The lowest BCUT2D eigenvalue weighted by Crippen LogP contribution is -2.25. The summed E-state index contributed by atoms with van der Waals surface area (Å²) in [5.41, 5.74) is 4.76. The van der Waals surface area contributed by atoms with Crippen molar-refractivity contribution in [3.8, 4) is 0 Å². The molecule has 1 aliphatic rings. The Morgan fingerprint density at radius 2 is 1.63 bits per heavy atom. The van der Waals surface area contributed by atoms with Crippen LogP contribution in [0.5, 0.6) is 0 Å². The van der Waals surface area contributed by atoms with Gasteiger partial charge in [-0.25, -0.2) is 0 Å². The highest BCUT2D eigenvalue weighted by Gasteiger charge is 2.42. The Morgan fingerprint density at radius 1 is 1.00 bits per heavy atom. The quantitative estimate of drug-likeness (QED) is 0.732. The summed E-state index contributed by atoms with van der Waals surface area (Å²) in [7, 11) is 0. The first-order valence-corrected chi connectivity index (χ1v) is 7.74. The summed E-state index contributed by atoms with van der Waals surface area (Å²) in [6, 6.07) is 7.52. The Morgan fingerprint density at radius 3 is 2.11 bits per heavy atom. The molecule has 1 heteroatoms. The summed E-state index contributed by atoms with van der Waals surface area (Å²) in [6.45, 7) is 13.8. The maximum absolute atomic E-state index is 3.76. The van der Waals surface area contributed by atoms with Gasteiger partial charge in [-0.05, 0) is 54.2 Å². The number of hydrogen-bond acceptors (Lipinski definition) is 1. The molecule has 106 valence electrons. The van der Waals surface area contributed by atoms with Crippen LogP contribution in [0.15, 0.2) is 18.2 Å². The molecular weight excluding hydrogens is 230 g/mol. The zero-order valence-corrected chi connectivity index (χ0v) is 13.4. The van der Waals surface area contributed by atoms with Crippen molar-refractivity contribution in [2.24, 2.45) is 5.41 Å². The van der Waals surface area contributed by atoms with Crippen LogP contribution in [0, 0.1) is 5.41 Å². The Bertz CT molecular complexity index is 441. The van der Waals surface area contributed by atoms with Gasteiger partial charge in [-0.2, -0.15) is 0 Å². The van der Waals surface area contributed by atoms with Gasteiger partial charge in [0, 0.05) is 11.7 Å². The summed E-state index contributed by atoms with van der Waals surface area (Å²) in [6.07, 6.45) is 2.73. The largest absolute Gasteiger partial charge is 0.382 e. The molecule has 0 aromatic heterocycles. The molecule has 1 atom stereocenters. The molecule has 0 amide bonds. The third-order valence-corrected chi connectivity index (χ3v) is 4.82. The lowest BCUT2D eigenvalue weighted by Gasteiger charge is -2.25. The van der Waals surface area contributed by atoms with Crippen LogP contribution in [0.1, 0.15) is 77.3 Å². The zero-order valence-electron chi connectivity index (χ0n) is 13.4. The molecule has 0 heterocycles. The molecule has 19 heavy (non-hydrogen) atoms. The van der Waals surface area contributed by atoms with Gasteiger partial charge in [0.25, 0.3) is 0 Å². The van der Waals surface area contributed by atoms with Crippen molar-refractivity contribution in [3.63, 3.8) is 0 Å². The van der Waals surface area contributed by atoms with Crippen molar-refractivity contribution in [1.82, 2.24) is 0 Å². The van der Waals surface area contributed by atoms with Gasteiger partial charge in [0.1, 0.15) is 0 Å². The molecule has 0 saturated heterocycles. The molecule has 0 aliphatic heterocycles. The first-order chi connectivity index (χ1) is 8.83. The molecular formula is C18H29N. The molecule has 1 saturated carbocycles. The number of hydrogen-bond donors (Lipinski definition) is 1. The molecule has 2 rings (SSSR count). The topological polar surface area (TPSA) is 12.0 Å². The molecule has 0 radical (unpaired) electrons. The zero-order chi connectivity index (χ0) is 14.2. The van der Waals surface area contributed by atoms with Crippen LogP contribution >= 0.6 is 0 Å². The molecule has 1 N–H and O–H groups in total. The molecule has 1 nitrogen and oxygen atoms in total. The summed E-state index contributed by atoms with van der Waals surface area (Å²) in [5, 5.41) is 3.76. The monoisotopic (exact) mass is 259 g/mol. The smallest absolute Gasteiger partial charge is 0.0377 e. The number of benzene rings is 1. The fourth-order valence-electron chi connectivity index (χ4n) is 2.59. The van der Waals surface area contributed by atoms with E-state index >= 15 is 0 Å². The van der Waals surface area contributed by atoms with E-state index in [0.717, 1.165) is 0 Å². The van der Waals surface area contributed by atoms with Crippen molar-refractivity contribution >= 4 is 5.69 Å². The van der Waals surface area contributed by atoms with Crippen LogP contribution in [0.4, 0.5) is 5.69 Å². The standard InChI is InChI=1S/C18H29N/c1-12(2)15-7-8-17(16(11-15)13(3)4)19-14(5)18(6)9-10-18/h7-8,11-14,19H,9-10H2,1-6H3. The van der Waals surface area contributed by atoms with Gasteiger partial charge in [-0.1, -0.05) is 46.8 Å². The highest BCUT2D eigenvalue weighted by molar-refractivity contribution is 5.55. The van der Waals surface area contributed by atoms with Crippen LogP contribution < -0.4 is 5.32 Å². The summed E-state index contributed by atoms with van der Waals surface area (Å²) >= 11 is 0. The van der Waals surface area contributed by atoms with Crippen LogP contribution in [0.2, 0.25) is 0 Å². The van der Waals surface area contributed by atoms with Crippen molar-refractivity contribution in [2.45, 2.75) is 72.3 Å². The second kappa shape index (κ2) is 5.19. The van der Waals surface area contributed by atoms with E-state index in [1.54, 1.807) is 0 Å². The maximum atomic E-state index is 3.76. The third kappa shape index (κ3) is 3.13. The normalized spacial score (nSPS) is 18.7. The predicted octanol–water partition coefficient (Wildman–Crippen LogP) is 5.53. The lowest BCUT2D eigenvalue weighted by atomic mass is 9.93. The molecule has 0 bridgehead atoms. The van der Waals surface area contributed by atoms with E-state index in [1.165, 1.54) is 29.7 Å². The van der Waals surface area contributed by atoms with Crippen molar-refractivity contribution in [3.05, 3.63) is 29.3 Å². The lowest BCUT2D eigenvalue weighted by molar-refractivity contribution is 0.493. The second-order valence-corrected chi connectivity index (χ2v) is 7.18. The van der Waals surface area contributed by atoms with E-state index in [0.29, 0.717) is 23.3 Å². The van der Waals surface area contributed by atoms with Gasteiger partial charge in [0.2, 0.25) is 0 Å². The third-order valence-electron chi connectivity index (χ3n) is 4.82. The SMILES string of the molecule is CC(C)c1ccc(NC(C)C2(C)CC2)c(C(C)C)c1. The average molecular weight is 259 g/mol. The highest BCUT2D eigenvalue weighted by atomic mass is 14.9. The van der Waals surface area contributed by atoms with Crippen LogP contribution in [-0.4, -0.2) is 6.04 Å².